The van der Waals surface area contributed by atoms with E-state index < -0.39 is 30.1 Å². The third-order valence-corrected chi connectivity index (χ3v) is 6.56. The van der Waals surface area contributed by atoms with E-state index in [1.807, 2.05) is 48.5 Å². The number of anilines is 1. The second-order valence-electron chi connectivity index (χ2n) is 8.68. The molecule has 180 valence electrons. The van der Waals surface area contributed by atoms with E-state index in [0.29, 0.717) is 0 Å². The molecule has 1 aliphatic carbocycles. The molecule has 2 aromatic carbocycles. The smallest absolute Gasteiger partial charge is 0.412 e. The molecular formula is C25H24N4O6. The van der Waals surface area contributed by atoms with Crippen LogP contribution in [0.4, 0.5) is 10.6 Å². The molecule has 0 saturated carbocycles. The maximum Gasteiger partial charge on any atom is 0.412 e. The van der Waals surface area contributed by atoms with Crippen LogP contribution in [0.2, 0.25) is 0 Å². The van der Waals surface area contributed by atoms with Crippen molar-refractivity contribution in [3.05, 3.63) is 71.4 Å². The molecule has 2 aliphatic rings. The summed E-state index contributed by atoms with van der Waals surface area (Å²) >= 11 is 0. The number of nitrogens with zero attached hydrogens (tertiary/aromatic N) is 3. The molecule has 1 aliphatic heterocycles. The molecule has 35 heavy (non-hydrogen) atoms. The van der Waals surface area contributed by atoms with Crippen LogP contribution >= 0.6 is 0 Å². The fourth-order valence-electron chi connectivity index (χ4n) is 4.90. The summed E-state index contributed by atoms with van der Waals surface area (Å²) in [5.74, 6) is -1.89. The van der Waals surface area contributed by atoms with Gasteiger partial charge in [0.05, 0.1) is 12.3 Å². The molecule has 1 saturated heterocycles. The topological polar surface area (TPSA) is 134 Å². The summed E-state index contributed by atoms with van der Waals surface area (Å²) < 4.78 is 6.86. The summed E-state index contributed by atoms with van der Waals surface area (Å²) in [6, 6.07) is 14.8. The van der Waals surface area contributed by atoms with Crippen LogP contribution in [0.5, 0.6) is 0 Å². The van der Waals surface area contributed by atoms with Crippen molar-refractivity contribution >= 4 is 23.8 Å². The summed E-state index contributed by atoms with van der Waals surface area (Å²) in [7, 11) is 1.55. The SMILES string of the molecule is Cn1ncc(C(=O)N2C[C@H](O)C[C@@H]2C(=O)O)c1NC(=O)OCC1c2ccccc2-c2ccccc21. The van der Waals surface area contributed by atoms with Crippen LogP contribution in [-0.4, -0.2) is 68.2 Å². The molecule has 2 amide bonds. The van der Waals surface area contributed by atoms with Gasteiger partial charge in [-0.05, 0) is 22.3 Å². The van der Waals surface area contributed by atoms with Gasteiger partial charge in [-0.2, -0.15) is 5.10 Å². The zero-order valence-electron chi connectivity index (χ0n) is 18.9. The number of aryl methyl sites for hydroxylation is 1. The number of rotatable bonds is 5. The van der Waals surface area contributed by atoms with E-state index in [1.54, 1.807) is 7.05 Å². The Balaban J connectivity index is 1.31. The summed E-state index contributed by atoms with van der Waals surface area (Å²) in [5, 5.41) is 25.9. The number of carboxylic acids is 1. The number of amides is 2. The van der Waals surface area contributed by atoms with E-state index in [1.165, 1.54) is 10.9 Å². The number of aliphatic carboxylic acids is 1. The number of aliphatic hydroxyl groups is 1. The summed E-state index contributed by atoms with van der Waals surface area (Å²) in [6.45, 7) is -0.0184. The molecule has 3 aromatic rings. The maximum absolute atomic E-state index is 13.1. The zero-order chi connectivity index (χ0) is 24.7. The first-order valence-electron chi connectivity index (χ1n) is 11.2. The van der Waals surface area contributed by atoms with Crippen molar-refractivity contribution in [1.29, 1.82) is 0 Å². The molecule has 2 heterocycles. The van der Waals surface area contributed by atoms with Crippen LogP contribution in [0.15, 0.2) is 54.7 Å². The van der Waals surface area contributed by atoms with Crippen molar-refractivity contribution in [1.82, 2.24) is 14.7 Å². The Morgan fingerprint density at radius 3 is 2.34 bits per heavy atom. The van der Waals surface area contributed by atoms with Gasteiger partial charge in [0.15, 0.2) is 0 Å². The van der Waals surface area contributed by atoms with Crippen molar-refractivity contribution in [2.75, 3.05) is 18.5 Å². The average molecular weight is 476 g/mol. The fraction of sp³-hybridized carbons (Fsp3) is 0.280. The third kappa shape index (κ3) is 4.01. The number of fused-ring (bicyclic) bond motifs is 3. The number of β-amino-alcohol motifs (C(OH)–C–C–N with tert-alkyl or cyclic N) is 1. The average Bonchev–Trinajstić information content (AvgIpc) is 3.51. The number of hydrogen-bond acceptors (Lipinski definition) is 6. The van der Waals surface area contributed by atoms with E-state index in [0.717, 1.165) is 27.2 Å². The molecular weight excluding hydrogens is 452 g/mol. The monoisotopic (exact) mass is 476 g/mol. The van der Waals surface area contributed by atoms with Gasteiger partial charge < -0.3 is 19.8 Å². The Labute approximate surface area is 200 Å². The molecule has 3 N–H and O–H groups in total. The predicted molar refractivity (Wildman–Crippen MR) is 125 cm³/mol. The van der Waals surface area contributed by atoms with Crippen molar-refractivity contribution < 1.29 is 29.3 Å². The van der Waals surface area contributed by atoms with Crippen LogP contribution in [-0.2, 0) is 16.6 Å². The van der Waals surface area contributed by atoms with E-state index in [9.17, 15) is 24.6 Å². The molecule has 2 atom stereocenters. The normalized spacial score (nSPS) is 18.7. The molecule has 10 heteroatoms. The second kappa shape index (κ2) is 8.88. The second-order valence-corrected chi connectivity index (χ2v) is 8.68. The first kappa shape index (κ1) is 22.6. The Hall–Kier alpha value is -4.18. The number of carbonyl (C=O) groups excluding carboxylic acids is 2. The lowest BCUT2D eigenvalue weighted by molar-refractivity contribution is -0.141. The minimum Gasteiger partial charge on any atom is -0.480 e. The summed E-state index contributed by atoms with van der Waals surface area (Å²) in [5.41, 5.74) is 4.38. The van der Waals surface area contributed by atoms with Crippen LogP contribution in [0.25, 0.3) is 11.1 Å². The first-order valence-corrected chi connectivity index (χ1v) is 11.2. The lowest BCUT2D eigenvalue weighted by Crippen LogP contribution is -2.40. The Kier molecular flexibility index (Phi) is 5.73. The van der Waals surface area contributed by atoms with Crippen molar-refractivity contribution in [2.45, 2.75) is 24.5 Å². The summed E-state index contributed by atoms with van der Waals surface area (Å²) in [6.07, 6.45) is -0.502. The molecule has 5 rings (SSSR count). The van der Waals surface area contributed by atoms with E-state index in [2.05, 4.69) is 10.4 Å². The predicted octanol–water partition coefficient (Wildman–Crippen LogP) is 2.44. The number of likely N-dealkylation sites (tertiary alicyclic amines) is 1. The minimum atomic E-state index is -1.20. The van der Waals surface area contributed by atoms with Gasteiger partial charge in [0.1, 0.15) is 24.0 Å². The molecule has 1 aromatic heterocycles. The van der Waals surface area contributed by atoms with Crippen molar-refractivity contribution in [2.24, 2.45) is 7.05 Å². The van der Waals surface area contributed by atoms with Gasteiger partial charge in [0, 0.05) is 25.9 Å². The molecule has 0 radical (unpaired) electrons. The van der Waals surface area contributed by atoms with Gasteiger partial charge in [-0.15, -0.1) is 0 Å². The van der Waals surface area contributed by atoms with E-state index in [4.69, 9.17) is 4.74 Å². The number of carboxylic acid groups (broad SMARTS) is 1. The highest BCUT2D eigenvalue weighted by Crippen LogP contribution is 2.44. The van der Waals surface area contributed by atoms with Crippen molar-refractivity contribution in [3.8, 4) is 11.1 Å². The highest BCUT2D eigenvalue weighted by molar-refractivity contribution is 6.03. The van der Waals surface area contributed by atoms with Crippen molar-refractivity contribution in [3.63, 3.8) is 0 Å². The number of hydrogen-bond donors (Lipinski definition) is 3. The number of ether oxygens (including phenoxy) is 1. The number of aliphatic hydroxyl groups excluding tert-OH is 1. The summed E-state index contributed by atoms with van der Waals surface area (Å²) in [4.78, 5) is 38.4. The number of benzene rings is 2. The number of nitrogens with one attached hydrogen (secondary N) is 1. The highest BCUT2D eigenvalue weighted by atomic mass is 16.5. The van der Waals surface area contributed by atoms with Gasteiger partial charge in [0.25, 0.3) is 5.91 Å². The van der Waals surface area contributed by atoms with E-state index >= 15 is 0 Å². The standard InChI is InChI=1S/C25H24N4O6/c1-28-22(19(11-26-28)23(31)29-12-14(30)10-21(29)24(32)33)27-25(34)35-13-20-17-8-4-2-6-15(17)16-7-3-5-9-18(16)20/h2-9,11,14,20-21,30H,10,12-13H2,1H3,(H,27,34)(H,32,33)/t14-,21-/m1/s1. The molecule has 0 bridgehead atoms. The molecule has 1 fully saturated rings. The number of carbonyl (C=O) groups is 3. The van der Waals surface area contributed by atoms with Gasteiger partial charge in [-0.25, -0.2) is 9.59 Å². The Bertz CT molecular complexity index is 1270. The quantitative estimate of drug-likeness (QED) is 0.515. The largest absolute Gasteiger partial charge is 0.480 e. The number of aromatic nitrogens is 2. The molecule has 0 spiro atoms. The molecule has 0 unspecified atom stereocenters. The minimum absolute atomic E-state index is 0.0151. The van der Waals surface area contributed by atoms with Crippen LogP contribution in [0.1, 0.15) is 33.8 Å². The van der Waals surface area contributed by atoms with Gasteiger partial charge in [-0.1, -0.05) is 48.5 Å². The Morgan fingerprint density at radius 1 is 1.09 bits per heavy atom. The maximum atomic E-state index is 13.1. The van der Waals surface area contributed by atoms with Gasteiger partial charge in [0.2, 0.25) is 0 Å². The van der Waals surface area contributed by atoms with Gasteiger partial charge in [-0.3, -0.25) is 14.8 Å². The first-order chi connectivity index (χ1) is 16.8. The lowest BCUT2D eigenvalue weighted by atomic mass is 9.98. The Morgan fingerprint density at radius 2 is 1.71 bits per heavy atom. The zero-order valence-corrected chi connectivity index (χ0v) is 18.9. The van der Waals surface area contributed by atoms with Crippen LogP contribution < -0.4 is 5.32 Å². The highest BCUT2D eigenvalue weighted by Gasteiger charge is 2.40. The third-order valence-electron chi connectivity index (χ3n) is 6.56. The van der Waals surface area contributed by atoms with E-state index in [-0.39, 0.29) is 36.9 Å². The van der Waals surface area contributed by atoms with Crippen LogP contribution in [0, 0.1) is 0 Å². The molecule has 10 nitrogen and oxygen atoms in total. The van der Waals surface area contributed by atoms with Crippen LogP contribution in [0.3, 0.4) is 0 Å². The van der Waals surface area contributed by atoms with Gasteiger partial charge >= 0.3 is 12.1 Å². The lowest BCUT2D eigenvalue weighted by Gasteiger charge is -2.21. The fourth-order valence-corrected chi connectivity index (χ4v) is 4.90.